The summed E-state index contributed by atoms with van der Waals surface area (Å²) in [5.41, 5.74) is 1.49. The number of benzene rings is 1. The maximum absolute atomic E-state index is 6.01. The number of rotatable bonds is 3. The Balaban J connectivity index is 1.99. The van der Waals surface area contributed by atoms with Crippen molar-refractivity contribution in [3.05, 3.63) is 29.8 Å². The Labute approximate surface area is 122 Å². The molecule has 112 valence electrons. The molecule has 1 aromatic rings. The topological polar surface area (TPSA) is 30.5 Å². The van der Waals surface area contributed by atoms with E-state index < -0.39 is 0 Å². The van der Waals surface area contributed by atoms with Crippen LogP contribution in [-0.2, 0) is 4.74 Å². The zero-order valence-electron chi connectivity index (χ0n) is 13.1. The van der Waals surface area contributed by atoms with Crippen LogP contribution in [0.2, 0.25) is 0 Å². The number of nitrogens with one attached hydrogen (secondary N) is 1. The highest BCUT2D eigenvalue weighted by Gasteiger charge is 2.28. The average Bonchev–Trinajstić information content (AvgIpc) is 2.65. The van der Waals surface area contributed by atoms with Gasteiger partial charge in [0.15, 0.2) is 0 Å². The average molecular weight is 277 g/mol. The maximum Gasteiger partial charge on any atom is 0.119 e. The van der Waals surface area contributed by atoms with E-state index >= 15 is 0 Å². The normalized spacial score (nSPS) is 24.2. The van der Waals surface area contributed by atoms with Crippen LogP contribution in [0.4, 0.5) is 0 Å². The van der Waals surface area contributed by atoms with E-state index in [9.17, 15) is 0 Å². The summed E-state index contributed by atoms with van der Waals surface area (Å²) in [7, 11) is 0. The number of ether oxygens (including phenoxy) is 2. The van der Waals surface area contributed by atoms with Gasteiger partial charge in [-0.15, -0.1) is 0 Å². The zero-order valence-corrected chi connectivity index (χ0v) is 13.1. The minimum Gasteiger partial charge on any atom is -0.494 e. The number of hydrogen-bond donors (Lipinski definition) is 1. The van der Waals surface area contributed by atoms with Crippen LogP contribution < -0.4 is 10.1 Å². The van der Waals surface area contributed by atoms with Crippen molar-refractivity contribution in [2.24, 2.45) is 5.41 Å². The summed E-state index contributed by atoms with van der Waals surface area (Å²) < 4.78 is 11.5. The zero-order chi connectivity index (χ0) is 14.6. The molecule has 1 aliphatic heterocycles. The molecular formula is C17H27NO2. The van der Waals surface area contributed by atoms with Crippen molar-refractivity contribution in [3.63, 3.8) is 0 Å². The summed E-state index contributed by atoms with van der Waals surface area (Å²) >= 11 is 0. The molecule has 0 amide bonds. The summed E-state index contributed by atoms with van der Waals surface area (Å²) in [5.74, 6) is 0.922. The molecule has 0 bridgehead atoms. The largest absolute Gasteiger partial charge is 0.494 e. The van der Waals surface area contributed by atoms with E-state index in [0.29, 0.717) is 12.6 Å². The lowest BCUT2D eigenvalue weighted by atomic mass is 9.85. The lowest BCUT2D eigenvalue weighted by molar-refractivity contribution is 0.0653. The molecule has 3 nitrogen and oxygen atoms in total. The Kier molecular flexibility index (Phi) is 5.06. The summed E-state index contributed by atoms with van der Waals surface area (Å²) in [5, 5.41) is 3.65. The molecule has 1 aromatic carbocycles. The predicted molar refractivity (Wildman–Crippen MR) is 82.2 cm³/mol. The molecule has 0 radical (unpaired) electrons. The van der Waals surface area contributed by atoms with Crippen LogP contribution in [0.1, 0.15) is 45.8 Å². The minimum atomic E-state index is 0.137. The van der Waals surface area contributed by atoms with Crippen molar-refractivity contribution in [2.45, 2.75) is 46.3 Å². The molecule has 0 aromatic heterocycles. The third-order valence-electron chi connectivity index (χ3n) is 3.88. The fourth-order valence-corrected chi connectivity index (χ4v) is 2.64. The van der Waals surface area contributed by atoms with Crippen molar-refractivity contribution in [1.82, 2.24) is 5.32 Å². The van der Waals surface area contributed by atoms with Gasteiger partial charge in [0.25, 0.3) is 0 Å². The lowest BCUT2D eigenvalue weighted by Gasteiger charge is -2.30. The summed E-state index contributed by atoms with van der Waals surface area (Å²) in [6, 6.07) is 8.77. The molecule has 1 saturated heterocycles. The first-order valence-electron chi connectivity index (χ1n) is 7.58. The highest BCUT2D eigenvalue weighted by molar-refractivity contribution is 5.29. The fourth-order valence-electron chi connectivity index (χ4n) is 2.64. The van der Waals surface area contributed by atoms with E-state index in [1.165, 1.54) is 5.56 Å². The molecule has 0 aliphatic carbocycles. The highest BCUT2D eigenvalue weighted by atomic mass is 16.5. The predicted octanol–water partition coefficient (Wildman–Crippen LogP) is 3.55. The van der Waals surface area contributed by atoms with Gasteiger partial charge in [-0.3, -0.25) is 0 Å². The summed E-state index contributed by atoms with van der Waals surface area (Å²) in [4.78, 5) is 0. The van der Waals surface area contributed by atoms with Crippen molar-refractivity contribution >= 4 is 0 Å². The van der Waals surface area contributed by atoms with Crippen LogP contribution in [0.25, 0.3) is 0 Å². The maximum atomic E-state index is 6.01. The van der Waals surface area contributed by atoms with Gasteiger partial charge in [0, 0.05) is 19.2 Å². The van der Waals surface area contributed by atoms with Gasteiger partial charge in [-0.25, -0.2) is 0 Å². The van der Waals surface area contributed by atoms with Crippen LogP contribution in [-0.4, -0.2) is 25.8 Å². The Hall–Kier alpha value is -1.06. The first-order valence-corrected chi connectivity index (χ1v) is 7.58. The van der Waals surface area contributed by atoms with E-state index in [4.69, 9.17) is 9.47 Å². The van der Waals surface area contributed by atoms with Crippen molar-refractivity contribution in [3.8, 4) is 5.75 Å². The van der Waals surface area contributed by atoms with E-state index in [2.05, 4.69) is 38.2 Å². The first-order chi connectivity index (χ1) is 9.50. The van der Waals surface area contributed by atoms with Gasteiger partial charge in [-0.1, -0.05) is 32.9 Å². The summed E-state index contributed by atoms with van der Waals surface area (Å²) in [6.45, 7) is 11.2. The molecule has 2 unspecified atom stereocenters. The minimum absolute atomic E-state index is 0.137. The van der Waals surface area contributed by atoms with E-state index in [1.54, 1.807) is 0 Å². The van der Waals surface area contributed by atoms with Gasteiger partial charge >= 0.3 is 0 Å². The third-order valence-corrected chi connectivity index (χ3v) is 3.88. The van der Waals surface area contributed by atoms with Crippen LogP contribution >= 0.6 is 0 Å². The van der Waals surface area contributed by atoms with Crippen LogP contribution in [0, 0.1) is 5.41 Å². The van der Waals surface area contributed by atoms with Crippen LogP contribution in [0.15, 0.2) is 24.3 Å². The Morgan fingerprint density at radius 1 is 1.25 bits per heavy atom. The molecule has 1 heterocycles. The van der Waals surface area contributed by atoms with E-state index in [1.807, 2.05) is 19.1 Å². The lowest BCUT2D eigenvalue weighted by Crippen LogP contribution is -2.40. The van der Waals surface area contributed by atoms with Gasteiger partial charge in [0.1, 0.15) is 5.75 Å². The third kappa shape index (κ3) is 3.97. The van der Waals surface area contributed by atoms with E-state index in [0.717, 1.165) is 25.3 Å². The molecule has 1 aliphatic rings. The monoisotopic (exact) mass is 277 g/mol. The molecule has 0 saturated carbocycles. The molecule has 0 spiro atoms. The standard InChI is InChI=1S/C17H27NO2/c1-5-19-14-8-6-13(7-9-14)15-12-18-16(10-11-20-15)17(2,3)4/h6-9,15-16,18H,5,10-12H2,1-4H3. The van der Waals surface area contributed by atoms with Crippen molar-refractivity contribution in [2.75, 3.05) is 19.8 Å². The van der Waals surface area contributed by atoms with Gasteiger partial charge in [-0.05, 0) is 36.5 Å². The summed E-state index contributed by atoms with van der Waals surface area (Å²) in [6.07, 6.45) is 1.20. The van der Waals surface area contributed by atoms with Gasteiger partial charge in [0.2, 0.25) is 0 Å². The molecule has 1 N–H and O–H groups in total. The molecule has 3 heteroatoms. The Morgan fingerprint density at radius 2 is 1.95 bits per heavy atom. The molecule has 2 rings (SSSR count). The second-order valence-electron chi connectivity index (χ2n) is 6.48. The van der Waals surface area contributed by atoms with E-state index in [-0.39, 0.29) is 11.5 Å². The molecule has 1 fully saturated rings. The smallest absolute Gasteiger partial charge is 0.119 e. The Bertz CT molecular complexity index is 408. The highest BCUT2D eigenvalue weighted by Crippen LogP contribution is 2.27. The van der Waals surface area contributed by atoms with Gasteiger partial charge in [0.05, 0.1) is 12.7 Å². The number of hydrogen-bond acceptors (Lipinski definition) is 3. The first kappa shape index (κ1) is 15.3. The molecule has 20 heavy (non-hydrogen) atoms. The SMILES string of the molecule is CCOc1ccc(C2CNC(C(C)(C)C)CCO2)cc1. The Morgan fingerprint density at radius 3 is 2.55 bits per heavy atom. The fraction of sp³-hybridized carbons (Fsp3) is 0.647. The quantitative estimate of drug-likeness (QED) is 0.916. The second kappa shape index (κ2) is 6.59. The van der Waals surface area contributed by atoms with Crippen LogP contribution in [0.5, 0.6) is 5.75 Å². The van der Waals surface area contributed by atoms with Crippen molar-refractivity contribution < 1.29 is 9.47 Å². The molecular weight excluding hydrogens is 250 g/mol. The van der Waals surface area contributed by atoms with Crippen molar-refractivity contribution in [1.29, 1.82) is 0 Å². The van der Waals surface area contributed by atoms with Gasteiger partial charge < -0.3 is 14.8 Å². The molecule has 2 atom stereocenters. The second-order valence-corrected chi connectivity index (χ2v) is 6.48. The van der Waals surface area contributed by atoms with Crippen LogP contribution in [0.3, 0.4) is 0 Å². The van der Waals surface area contributed by atoms with Gasteiger partial charge in [-0.2, -0.15) is 0 Å².